The number of ether oxygens (including phenoxy) is 1. The zero-order valence-corrected chi connectivity index (χ0v) is 15.5. The molecule has 1 saturated heterocycles. The summed E-state index contributed by atoms with van der Waals surface area (Å²) in [6, 6.07) is 5.86. The van der Waals surface area contributed by atoms with Gasteiger partial charge in [0.25, 0.3) is 11.5 Å². The molecule has 0 spiro atoms. The lowest BCUT2D eigenvalue weighted by Crippen LogP contribution is -2.48. The van der Waals surface area contributed by atoms with Gasteiger partial charge in [-0.1, -0.05) is 30.3 Å². The molecule has 13 heteroatoms. The number of halogens is 5. The maximum atomic E-state index is 14.7. The van der Waals surface area contributed by atoms with Gasteiger partial charge in [-0.25, -0.2) is 4.79 Å². The first-order valence-corrected chi connectivity index (χ1v) is 8.87. The number of nitrogens with zero attached hydrogens (tertiary/aromatic N) is 2. The van der Waals surface area contributed by atoms with Crippen LogP contribution in [0.15, 0.2) is 46.1 Å². The summed E-state index contributed by atoms with van der Waals surface area (Å²) >= 11 is 0. The zero-order valence-electron chi connectivity index (χ0n) is 15.5. The van der Waals surface area contributed by atoms with Crippen molar-refractivity contribution in [1.29, 1.82) is 0 Å². The van der Waals surface area contributed by atoms with Crippen LogP contribution in [0.3, 0.4) is 0 Å². The Balaban J connectivity index is 2.17. The van der Waals surface area contributed by atoms with E-state index in [0.29, 0.717) is 0 Å². The standard InChI is InChI=1S/C18H17F5N2O6/c19-17(20,9-4-2-1-3-5-9)8-25-14(29)10(18(21,22)23)6-24(16(25)30)15-13(28)12(27)11(7-26)31-15/h1-6,11-13,15,26-28H,7-8H2/t11-,12?,13+,15-/m1/s1. The Morgan fingerprint density at radius 2 is 1.61 bits per heavy atom. The molecule has 1 aromatic carbocycles. The van der Waals surface area contributed by atoms with Crippen LogP contribution in [0.4, 0.5) is 22.0 Å². The molecule has 1 unspecified atom stereocenters. The lowest BCUT2D eigenvalue weighted by atomic mass is 10.1. The highest BCUT2D eigenvalue weighted by Crippen LogP contribution is 2.32. The second kappa shape index (κ2) is 8.15. The van der Waals surface area contributed by atoms with Crippen LogP contribution in [0, 0.1) is 0 Å². The molecule has 1 aliphatic heterocycles. The molecule has 0 aliphatic carbocycles. The third-order valence-electron chi connectivity index (χ3n) is 4.85. The van der Waals surface area contributed by atoms with Gasteiger partial charge in [-0.3, -0.25) is 13.9 Å². The Bertz CT molecular complexity index is 1050. The van der Waals surface area contributed by atoms with E-state index in [0.717, 1.165) is 12.1 Å². The first-order valence-electron chi connectivity index (χ1n) is 8.87. The Kier molecular flexibility index (Phi) is 6.06. The monoisotopic (exact) mass is 452 g/mol. The third kappa shape index (κ3) is 4.26. The van der Waals surface area contributed by atoms with Crippen LogP contribution in [-0.2, 0) is 23.4 Å². The predicted octanol–water partition coefficient (Wildman–Crippen LogP) is 0.432. The molecule has 0 radical (unpaired) electrons. The number of aliphatic hydroxyl groups excluding tert-OH is 3. The van der Waals surface area contributed by atoms with Crippen molar-refractivity contribution >= 4 is 0 Å². The van der Waals surface area contributed by atoms with Crippen molar-refractivity contribution < 1.29 is 42.0 Å². The maximum Gasteiger partial charge on any atom is 0.423 e. The van der Waals surface area contributed by atoms with Crippen LogP contribution in [-0.4, -0.2) is 49.4 Å². The number of aromatic nitrogens is 2. The van der Waals surface area contributed by atoms with Gasteiger partial charge >= 0.3 is 11.9 Å². The van der Waals surface area contributed by atoms with E-state index >= 15 is 0 Å². The first kappa shape index (κ1) is 23.1. The molecule has 1 fully saturated rings. The summed E-state index contributed by atoms with van der Waals surface area (Å²) in [5, 5.41) is 29.0. The quantitative estimate of drug-likeness (QED) is 0.568. The Morgan fingerprint density at radius 3 is 2.13 bits per heavy atom. The van der Waals surface area contributed by atoms with Crippen molar-refractivity contribution in [3.8, 4) is 0 Å². The Hall–Kier alpha value is -2.61. The fraction of sp³-hybridized carbons (Fsp3) is 0.444. The van der Waals surface area contributed by atoms with Crippen LogP contribution >= 0.6 is 0 Å². The third-order valence-corrected chi connectivity index (χ3v) is 4.85. The SMILES string of the molecule is O=c1c(C(F)(F)F)cn([C@@H]2O[C@H](CO)C(O)[C@@H]2O)c(=O)n1CC(F)(F)c1ccccc1. The van der Waals surface area contributed by atoms with E-state index in [2.05, 4.69) is 0 Å². The van der Waals surface area contributed by atoms with Gasteiger partial charge in [0, 0.05) is 11.8 Å². The molecule has 8 nitrogen and oxygen atoms in total. The van der Waals surface area contributed by atoms with E-state index < -0.39 is 72.2 Å². The molecular weight excluding hydrogens is 435 g/mol. The minimum Gasteiger partial charge on any atom is -0.394 e. The first-order chi connectivity index (χ1) is 14.4. The molecule has 1 aromatic heterocycles. The molecule has 0 amide bonds. The highest BCUT2D eigenvalue weighted by Gasteiger charge is 2.46. The van der Waals surface area contributed by atoms with Gasteiger partial charge in [0.1, 0.15) is 23.9 Å². The molecule has 170 valence electrons. The van der Waals surface area contributed by atoms with E-state index in [4.69, 9.17) is 9.84 Å². The minimum absolute atomic E-state index is 0.0299. The number of alkyl halides is 5. The van der Waals surface area contributed by atoms with Crippen LogP contribution in [0.5, 0.6) is 0 Å². The summed E-state index contributed by atoms with van der Waals surface area (Å²) < 4.78 is 74.3. The number of benzene rings is 1. The van der Waals surface area contributed by atoms with Crippen LogP contribution in [0.25, 0.3) is 0 Å². The highest BCUT2D eigenvalue weighted by atomic mass is 19.4. The zero-order chi connectivity index (χ0) is 23.1. The van der Waals surface area contributed by atoms with Crippen molar-refractivity contribution in [2.75, 3.05) is 6.61 Å². The average molecular weight is 452 g/mol. The maximum absolute atomic E-state index is 14.7. The van der Waals surface area contributed by atoms with Crippen molar-refractivity contribution in [3.05, 3.63) is 68.5 Å². The fourth-order valence-corrected chi connectivity index (χ4v) is 3.22. The van der Waals surface area contributed by atoms with Gasteiger partial charge in [0.15, 0.2) is 6.23 Å². The van der Waals surface area contributed by atoms with E-state index in [-0.39, 0.29) is 15.3 Å². The summed E-state index contributed by atoms with van der Waals surface area (Å²) in [5.41, 5.74) is -6.22. The fourth-order valence-electron chi connectivity index (χ4n) is 3.22. The number of aliphatic hydroxyl groups is 3. The summed E-state index contributed by atoms with van der Waals surface area (Å²) in [6.07, 6.45) is -12.5. The molecule has 2 heterocycles. The van der Waals surface area contributed by atoms with Crippen molar-refractivity contribution in [1.82, 2.24) is 9.13 Å². The van der Waals surface area contributed by atoms with E-state index in [1.54, 1.807) is 0 Å². The van der Waals surface area contributed by atoms with Crippen molar-refractivity contribution in [2.24, 2.45) is 0 Å². The van der Waals surface area contributed by atoms with Crippen molar-refractivity contribution in [2.45, 2.75) is 43.2 Å². The summed E-state index contributed by atoms with van der Waals surface area (Å²) in [6.45, 7) is -2.56. The molecule has 1 aliphatic rings. The topological polar surface area (TPSA) is 114 Å². The number of rotatable bonds is 5. The summed E-state index contributed by atoms with van der Waals surface area (Å²) in [4.78, 5) is 25.0. The Labute approximate surface area is 170 Å². The molecule has 3 rings (SSSR count). The molecule has 4 atom stereocenters. The molecule has 31 heavy (non-hydrogen) atoms. The second-order valence-corrected chi connectivity index (χ2v) is 6.92. The van der Waals surface area contributed by atoms with Gasteiger partial charge < -0.3 is 20.1 Å². The lowest BCUT2D eigenvalue weighted by molar-refractivity contribution is -0.140. The summed E-state index contributed by atoms with van der Waals surface area (Å²) in [7, 11) is 0. The molecule has 2 aromatic rings. The Morgan fingerprint density at radius 1 is 1.00 bits per heavy atom. The van der Waals surface area contributed by atoms with Gasteiger partial charge in [-0.05, 0) is 0 Å². The normalized spacial score (nSPS) is 24.5. The average Bonchev–Trinajstić information content (AvgIpc) is 2.99. The van der Waals surface area contributed by atoms with Gasteiger partial charge in [-0.2, -0.15) is 22.0 Å². The molecule has 0 saturated carbocycles. The van der Waals surface area contributed by atoms with E-state index in [9.17, 15) is 41.8 Å². The van der Waals surface area contributed by atoms with Crippen molar-refractivity contribution in [3.63, 3.8) is 0 Å². The van der Waals surface area contributed by atoms with Gasteiger partial charge in [0.05, 0.1) is 13.2 Å². The van der Waals surface area contributed by atoms with Gasteiger partial charge in [-0.15, -0.1) is 0 Å². The molecular formula is C18H17F5N2O6. The summed E-state index contributed by atoms with van der Waals surface area (Å²) in [5.74, 6) is -3.89. The second-order valence-electron chi connectivity index (χ2n) is 6.92. The molecule has 0 bridgehead atoms. The highest BCUT2D eigenvalue weighted by molar-refractivity contribution is 5.20. The van der Waals surface area contributed by atoms with Crippen LogP contribution < -0.4 is 11.2 Å². The lowest BCUT2D eigenvalue weighted by Gasteiger charge is -2.23. The minimum atomic E-state index is -5.32. The number of hydrogen-bond acceptors (Lipinski definition) is 6. The van der Waals surface area contributed by atoms with E-state index in [1.165, 1.54) is 18.2 Å². The van der Waals surface area contributed by atoms with Crippen LogP contribution in [0.2, 0.25) is 0 Å². The predicted molar refractivity (Wildman–Crippen MR) is 93.3 cm³/mol. The molecule has 3 N–H and O–H groups in total. The van der Waals surface area contributed by atoms with Crippen LogP contribution in [0.1, 0.15) is 17.4 Å². The van der Waals surface area contributed by atoms with Gasteiger partial charge in [0.2, 0.25) is 0 Å². The smallest absolute Gasteiger partial charge is 0.394 e. The largest absolute Gasteiger partial charge is 0.423 e. The number of hydrogen-bond donors (Lipinski definition) is 3. The van der Waals surface area contributed by atoms with E-state index in [1.807, 2.05) is 0 Å².